The van der Waals surface area contributed by atoms with E-state index in [1.54, 1.807) is 37.3 Å². The molecule has 0 aromatic heterocycles. The highest BCUT2D eigenvalue weighted by Crippen LogP contribution is 2.30. The van der Waals surface area contributed by atoms with Crippen molar-refractivity contribution < 1.29 is 22.7 Å². The molecule has 2 amide bonds. The molecule has 220 valence electrons. The fourth-order valence-electron chi connectivity index (χ4n) is 4.80. The summed E-state index contributed by atoms with van der Waals surface area (Å²) >= 11 is 18.7. The largest absolute Gasteiger partial charge is 0.495 e. The van der Waals surface area contributed by atoms with E-state index >= 15 is 0 Å². The van der Waals surface area contributed by atoms with Gasteiger partial charge in [-0.05, 0) is 62.1 Å². The minimum absolute atomic E-state index is 0.0160. The fraction of sp³-hybridized carbons (Fsp3) is 0.500. The summed E-state index contributed by atoms with van der Waals surface area (Å²) in [5, 5.41) is 4.23. The molecular weight excluding hydrogens is 597 g/mol. The quantitative estimate of drug-likeness (QED) is 0.307. The Balaban J connectivity index is 1.76. The molecular formula is C28H36Cl3N3O5S. The summed E-state index contributed by atoms with van der Waals surface area (Å²) in [5.41, 5.74) is 1.02. The third-order valence-corrected chi connectivity index (χ3v) is 9.13. The number of carbonyl (C=O) groups is 2. The summed E-state index contributed by atoms with van der Waals surface area (Å²) in [5.74, 6) is -0.0967. The Bertz CT molecular complexity index is 1300. The van der Waals surface area contributed by atoms with Crippen LogP contribution in [0.15, 0.2) is 36.4 Å². The molecule has 12 heteroatoms. The van der Waals surface area contributed by atoms with E-state index in [-0.39, 0.29) is 48.8 Å². The van der Waals surface area contributed by atoms with E-state index in [1.807, 2.05) is 0 Å². The van der Waals surface area contributed by atoms with Gasteiger partial charge in [-0.3, -0.25) is 13.9 Å². The van der Waals surface area contributed by atoms with Crippen molar-refractivity contribution in [1.82, 2.24) is 10.2 Å². The number of carbonyl (C=O) groups excluding carboxylic acids is 2. The lowest BCUT2D eigenvalue weighted by molar-refractivity contribution is -0.141. The van der Waals surface area contributed by atoms with Crippen molar-refractivity contribution >= 4 is 62.3 Å². The standard InChI is InChI=1S/C28H36Cl3N3O5S/c1-19(28(36)32-22-8-5-4-6-9-22)33(18-20-11-12-21(29)16-24(20)30)27(35)10-7-15-34(40(3,37)38)23-13-14-26(39-2)25(31)17-23/h11-14,16-17,19,22H,4-10,15,18H2,1-3H3,(H,32,36)/t19-/m1/s1. The predicted octanol–water partition coefficient (Wildman–Crippen LogP) is 6.07. The summed E-state index contributed by atoms with van der Waals surface area (Å²) in [6, 6.07) is 9.04. The number of ether oxygens (including phenoxy) is 1. The highest BCUT2D eigenvalue weighted by molar-refractivity contribution is 7.92. The van der Waals surface area contributed by atoms with Crippen molar-refractivity contribution in [2.45, 2.75) is 70.5 Å². The van der Waals surface area contributed by atoms with Crippen molar-refractivity contribution in [3.63, 3.8) is 0 Å². The third-order valence-electron chi connectivity index (χ3n) is 7.05. The molecule has 0 unspecified atom stereocenters. The van der Waals surface area contributed by atoms with Gasteiger partial charge < -0.3 is 15.0 Å². The summed E-state index contributed by atoms with van der Waals surface area (Å²) in [4.78, 5) is 28.2. The number of nitrogens with one attached hydrogen (secondary N) is 1. The van der Waals surface area contributed by atoms with E-state index in [0.717, 1.165) is 38.4 Å². The molecule has 0 heterocycles. The number of methoxy groups -OCH3 is 1. The lowest BCUT2D eigenvalue weighted by atomic mass is 9.95. The molecule has 1 fully saturated rings. The molecule has 1 saturated carbocycles. The molecule has 0 radical (unpaired) electrons. The van der Waals surface area contributed by atoms with Gasteiger partial charge in [0.2, 0.25) is 21.8 Å². The number of rotatable bonds is 12. The molecule has 1 aliphatic carbocycles. The minimum atomic E-state index is -3.66. The van der Waals surface area contributed by atoms with Crippen molar-refractivity contribution in [2.75, 3.05) is 24.2 Å². The van der Waals surface area contributed by atoms with Crippen LogP contribution < -0.4 is 14.4 Å². The van der Waals surface area contributed by atoms with Crippen LogP contribution in [0.5, 0.6) is 5.75 Å². The van der Waals surface area contributed by atoms with Gasteiger partial charge in [0.05, 0.1) is 24.1 Å². The van der Waals surface area contributed by atoms with Gasteiger partial charge in [0.25, 0.3) is 0 Å². The van der Waals surface area contributed by atoms with E-state index in [2.05, 4.69) is 5.32 Å². The highest BCUT2D eigenvalue weighted by Gasteiger charge is 2.29. The second-order valence-corrected chi connectivity index (χ2v) is 13.2. The summed E-state index contributed by atoms with van der Waals surface area (Å²) in [7, 11) is -2.19. The van der Waals surface area contributed by atoms with Crippen molar-refractivity contribution in [1.29, 1.82) is 0 Å². The maximum atomic E-state index is 13.5. The average molecular weight is 633 g/mol. The van der Waals surface area contributed by atoms with Crippen LogP contribution in [0.3, 0.4) is 0 Å². The molecule has 2 aromatic carbocycles. The molecule has 2 aromatic rings. The summed E-state index contributed by atoms with van der Waals surface area (Å²) < 4.78 is 31.5. The van der Waals surface area contributed by atoms with Gasteiger partial charge in [-0.25, -0.2) is 8.42 Å². The number of hydrogen-bond donors (Lipinski definition) is 1. The molecule has 1 aliphatic rings. The Morgan fingerprint density at radius 3 is 2.35 bits per heavy atom. The van der Waals surface area contributed by atoms with Crippen LogP contribution in [0.4, 0.5) is 5.69 Å². The molecule has 0 bridgehead atoms. The third kappa shape index (κ3) is 8.90. The maximum absolute atomic E-state index is 13.5. The number of amides is 2. The average Bonchev–Trinajstić information content (AvgIpc) is 2.90. The Morgan fingerprint density at radius 1 is 1.05 bits per heavy atom. The van der Waals surface area contributed by atoms with E-state index < -0.39 is 16.1 Å². The molecule has 0 spiro atoms. The topological polar surface area (TPSA) is 96.0 Å². The first-order chi connectivity index (χ1) is 18.9. The monoisotopic (exact) mass is 631 g/mol. The van der Waals surface area contributed by atoms with Gasteiger partial charge >= 0.3 is 0 Å². The molecule has 0 aliphatic heterocycles. The Hall–Kier alpha value is -2.20. The van der Waals surface area contributed by atoms with Crippen LogP contribution in [-0.4, -0.2) is 57.1 Å². The Kier molecular flexibility index (Phi) is 11.8. The van der Waals surface area contributed by atoms with E-state index in [1.165, 1.54) is 22.4 Å². The maximum Gasteiger partial charge on any atom is 0.242 e. The van der Waals surface area contributed by atoms with Crippen molar-refractivity contribution in [3.8, 4) is 5.75 Å². The first-order valence-electron chi connectivity index (χ1n) is 13.3. The second-order valence-electron chi connectivity index (χ2n) is 10.0. The zero-order valence-corrected chi connectivity index (χ0v) is 26.0. The van der Waals surface area contributed by atoms with Crippen LogP contribution in [0, 0.1) is 0 Å². The van der Waals surface area contributed by atoms with Gasteiger partial charge in [-0.15, -0.1) is 0 Å². The number of halogens is 3. The number of anilines is 1. The second kappa shape index (κ2) is 14.6. The first kappa shape index (κ1) is 32.3. The Morgan fingerprint density at radius 2 is 1.75 bits per heavy atom. The lowest BCUT2D eigenvalue weighted by Gasteiger charge is -2.32. The number of hydrogen-bond acceptors (Lipinski definition) is 5. The molecule has 1 N–H and O–H groups in total. The minimum Gasteiger partial charge on any atom is -0.495 e. The van der Waals surface area contributed by atoms with Crippen LogP contribution >= 0.6 is 34.8 Å². The lowest BCUT2D eigenvalue weighted by Crippen LogP contribution is -2.50. The van der Waals surface area contributed by atoms with E-state index in [0.29, 0.717) is 27.0 Å². The number of sulfonamides is 1. The van der Waals surface area contributed by atoms with Crippen LogP contribution in [0.25, 0.3) is 0 Å². The summed E-state index contributed by atoms with van der Waals surface area (Å²) in [6.45, 7) is 1.85. The Labute approximate surface area is 251 Å². The van der Waals surface area contributed by atoms with E-state index in [4.69, 9.17) is 39.5 Å². The summed E-state index contributed by atoms with van der Waals surface area (Å²) in [6.07, 6.45) is 6.48. The van der Waals surface area contributed by atoms with Gasteiger partial charge in [0.15, 0.2) is 0 Å². The number of nitrogens with zero attached hydrogens (tertiary/aromatic N) is 2. The van der Waals surface area contributed by atoms with Crippen molar-refractivity contribution in [2.24, 2.45) is 0 Å². The highest BCUT2D eigenvalue weighted by atomic mass is 35.5. The molecule has 40 heavy (non-hydrogen) atoms. The van der Waals surface area contributed by atoms with Gasteiger partial charge in [-0.1, -0.05) is 60.1 Å². The zero-order chi connectivity index (χ0) is 29.4. The molecule has 1 atom stereocenters. The van der Waals surface area contributed by atoms with E-state index in [9.17, 15) is 18.0 Å². The zero-order valence-electron chi connectivity index (χ0n) is 23.0. The molecule has 0 saturated heterocycles. The van der Waals surface area contributed by atoms with Crippen LogP contribution in [-0.2, 0) is 26.2 Å². The predicted molar refractivity (Wildman–Crippen MR) is 161 cm³/mol. The SMILES string of the molecule is COc1ccc(N(CCCC(=O)N(Cc2ccc(Cl)cc2Cl)[C@H](C)C(=O)NC2CCCCC2)S(C)(=O)=O)cc1Cl. The van der Waals surface area contributed by atoms with Gasteiger partial charge in [0, 0.05) is 35.6 Å². The number of benzene rings is 2. The van der Waals surface area contributed by atoms with Crippen LogP contribution in [0.1, 0.15) is 57.4 Å². The van der Waals surface area contributed by atoms with Crippen molar-refractivity contribution in [3.05, 3.63) is 57.0 Å². The molecule has 8 nitrogen and oxygen atoms in total. The van der Waals surface area contributed by atoms with Gasteiger partial charge in [-0.2, -0.15) is 0 Å². The normalized spacial score (nSPS) is 14.8. The smallest absolute Gasteiger partial charge is 0.242 e. The van der Waals surface area contributed by atoms with Gasteiger partial charge in [0.1, 0.15) is 11.8 Å². The fourth-order valence-corrected chi connectivity index (χ4v) is 6.48. The molecule has 3 rings (SSSR count). The van der Waals surface area contributed by atoms with Crippen LogP contribution in [0.2, 0.25) is 15.1 Å². The first-order valence-corrected chi connectivity index (χ1v) is 16.2.